The van der Waals surface area contributed by atoms with E-state index in [2.05, 4.69) is 52.3 Å². The first kappa shape index (κ1) is 46.2. The molecule has 1 saturated heterocycles. The highest BCUT2D eigenvalue weighted by molar-refractivity contribution is 5.75. The maximum atomic E-state index is 11.4. The van der Waals surface area contributed by atoms with Gasteiger partial charge in [0.15, 0.2) is 0 Å². The molecule has 1 amide bonds. The summed E-state index contributed by atoms with van der Waals surface area (Å²) in [5.41, 5.74) is 5.25. The van der Waals surface area contributed by atoms with Gasteiger partial charge in [0.05, 0.1) is 26.7 Å². The van der Waals surface area contributed by atoms with Crippen molar-refractivity contribution >= 4 is 17.8 Å². The second kappa shape index (κ2) is 34.5. The highest BCUT2D eigenvalue weighted by atomic mass is 16.5. The Morgan fingerprint density at radius 2 is 1.68 bits per heavy atom. The molecule has 1 aliphatic rings. The molecule has 248 valence electrons. The van der Waals surface area contributed by atoms with Crippen molar-refractivity contribution in [2.24, 2.45) is 5.73 Å². The number of amides is 1. The van der Waals surface area contributed by atoms with E-state index in [1.54, 1.807) is 0 Å². The van der Waals surface area contributed by atoms with Crippen LogP contribution >= 0.6 is 0 Å². The lowest BCUT2D eigenvalue weighted by atomic mass is 10.1. The molecule has 0 bridgehead atoms. The molecular weight excluding hydrogens is 524 g/mol. The fourth-order valence-corrected chi connectivity index (χ4v) is 3.63. The summed E-state index contributed by atoms with van der Waals surface area (Å²) in [6.07, 6.45) is 13.8. The fraction of sp³-hybridized carbons (Fsp3) is 0.903. The second-order valence-corrected chi connectivity index (χ2v) is 11.0. The van der Waals surface area contributed by atoms with E-state index >= 15 is 0 Å². The van der Waals surface area contributed by atoms with Crippen molar-refractivity contribution in [3.8, 4) is 0 Å². The summed E-state index contributed by atoms with van der Waals surface area (Å²) < 4.78 is 5.10. The Labute approximate surface area is 252 Å². The zero-order chi connectivity index (χ0) is 31.2. The number of cyclic esters (lactones) is 1. The van der Waals surface area contributed by atoms with Crippen LogP contribution in [0.15, 0.2) is 0 Å². The minimum atomic E-state index is -0.833. The topological polar surface area (TPSA) is 147 Å². The predicted molar refractivity (Wildman–Crippen MR) is 170 cm³/mol. The highest BCUT2D eigenvalue weighted by Gasteiger charge is 2.22. The van der Waals surface area contributed by atoms with Crippen LogP contribution in [0.1, 0.15) is 118 Å². The van der Waals surface area contributed by atoms with Crippen molar-refractivity contribution in [3.05, 3.63) is 0 Å². The average molecular weight is 594 g/mol. The van der Waals surface area contributed by atoms with E-state index in [-0.39, 0.29) is 31.5 Å². The molecule has 0 radical (unpaired) electrons. The van der Waals surface area contributed by atoms with Gasteiger partial charge >= 0.3 is 5.97 Å². The zero-order valence-electron chi connectivity index (χ0n) is 26.9. The number of quaternary nitrogens is 1. The van der Waals surface area contributed by atoms with Crippen LogP contribution in [-0.4, -0.2) is 99.5 Å². The number of aliphatic hydroxyl groups excluding tert-OH is 1. The molecule has 0 aromatic heterocycles. The molecule has 41 heavy (non-hydrogen) atoms. The van der Waals surface area contributed by atoms with Gasteiger partial charge in [0, 0.05) is 32.7 Å². The van der Waals surface area contributed by atoms with Crippen LogP contribution in [0.25, 0.3) is 0 Å². The van der Waals surface area contributed by atoms with Gasteiger partial charge in [-0.3, -0.25) is 14.4 Å². The maximum absolute atomic E-state index is 11.4. The molecule has 0 aromatic carbocycles. The Morgan fingerprint density at radius 1 is 1.07 bits per heavy atom. The summed E-state index contributed by atoms with van der Waals surface area (Å²) in [6, 6.07) is 0. The number of aliphatic hydroxyl groups is 1. The van der Waals surface area contributed by atoms with Crippen LogP contribution in [0.5, 0.6) is 0 Å². The molecule has 2 atom stereocenters. The van der Waals surface area contributed by atoms with Crippen molar-refractivity contribution < 1.29 is 34.2 Å². The van der Waals surface area contributed by atoms with Crippen molar-refractivity contribution in [2.75, 3.05) is 54.4 Å². The third-order valence-electron chi connectivity index (χ3n) is 5.93. The zero-order valence-corrected chi connectivity index (χ0v) is 26.9. The Balaban J connectivity index is -0.000000248. The summed E-state index contributed by atoms with van der Waals surface area (Å²) in [7, 11) is 8.31. The van der Waals surface area contributed by atoms with Gasteiger partial charge in [-0.2, -0.15) is 0 Å². The van der Waals surface area contributed by atoms with Gasteiger partial charge in [0.25, 0.3) is 5.97 Å². The van der Waals surface area contributed by atoms with Crippen LogP contribution in [-0.2, 0) is 19.1 Å². The third kappa shape index (κ3) is 45.5. The first-order valence-electron chi connectivity index (χ1n) is 15.4. The molecule has 0 aromatic rings. The van der Waals surface area contributed by atoms with Crippen LogP contribution in [0.4, 0.5) is 0 Å². The number of carbonyl (C=O) groups is 3. The molecule has 1 aliphatic heterocycles. The van der Waals surface area contributed by atoms with E-state index in [1.807, 2.05) is 0 Å². The van der Waals surface area contributed by atoms with E-state index in [9.17, 15) is 14.7 Å². The number of unbranched alkanes of at least 4 members (excludes halogenated alkanes) is 4. The Kier molecular flexibility index (Phi) is 38.8. The first-order valence-corrected chi connectivity index (χ1v) is 15.4. The standard InChI is InChI=1S/C13H28N2O2.C10H18O2.C5H14N2.C2H4O2.CH4/c1-4-5-7-12(16)8-9-13(17)14-10-6-11-15(2)3;1-2-3-4-5-6-9-7-8-10(11)12-9;1-7(2)5-3-4-6;1-2(3)4;/h12,16H,4-11H2,1-3H3,(H,14,17);9H,2-8H2,1H3;3-6H2,1-2H3;1H3,(H,3,4);1H4/p+1. The van der Waals surface area contributed by atoms with Gasteiger partial charge in [-0.05, 0) is 65.7 Å². The number of aliphatic carboxylic acids is 1. The number of esters is 1. The lowest BCUT2D eigenvalue weighted by Gasteiger charge is -2.10. The van der Waals surface area contributed by atoms with Crippen molar-refractivity contribution in [3.63, 3.8) is 0 Å². The number of nitrogens with one attached hydrogen (secondary N) is 2. The monoisotopic (exact) mass is 594 g/mol. The largest absolute Gasteiger partial charge is 0.481 e. The number of rotatable bonds is 18. The molecule has 10 heteroatoms. The summed E-state index contributed by atoms with van der Waals surface area (Å²) in [5, 5.41) is 19.9. The first-order chi connectivity index (χ1) is 18.9. The Hall–Kier alpha value is -1.75. The fourth-order valence-electron chi connectivity index (χ4n) is 3.63. The molecule has 0 saturated carbocycles. The lowest BCUT2D eigenvalue weighted by Crippen LogP contribution is -3.05. The van der Waals surface area contributed by atoms with Gasteiger partial charge in [-0.25, -0.2) is 0 Å². The minimum Gasteiger partial charge on any atom is -0.481 e. The number of hydrogen-bond donors (Lipinski definition) is 5. The van der Waals surface area contributed by atoms with Crippen LogP contribution in [0.3, 0.4) is 0 Å². The van der Waals surface area contributed by atoms with E-state index < -0.39 is 5.97 Å². The van der Waals surface area contributed by atoms with Crippen LogP contribution < -0.4 is 16.0 Å². The number of carboxylic acids is 1. The maximum Gasteiger partial charge on any atom is 0.306 e. The number of ether oxygens (including phenoxy) is 1. The van der Waals surface area contributed by atoms with E-state index in [4.69, 9.17) is 20.4 Å². The van der Waals surface area contributed by atoms with Crippen LogP contribution in [0, 0.1) is 0 Å². The number of hydrogen-bond acceptors (Lipinski definition) is 7. The molecule has 1 fully saturated rings. The van der Waals surface area contributed by atoms with E-state index in [1.165, 1.54) is 30.6 Å². The predicted octanol–water partition coefficient (Wildman–Crippen LogP) is 3.25. The van der Waals surface area contributed by atoms with Crippen molar-refractivity contribution in [1.29, 1.82) is 0 Å². The summed E-state index contributed by atoms with van der Waals surface area (Å²) in [6.45, 7) is 9.12. The summed E-state index contributed by atoms with van der Waals surface area (Å²) >= 11 is 0. The number of nitrogens with two attached hydrogens (primary N) is 1. The van der Waals surface area contributed by atoms with Crippen molar-refractivity contribution in [2.45, 2.75) is 130 Å². The van der Waals surface area contributed by atoms with Gasteiger partial charge < -0.3 is 35.8 Å². The normalized spacial score (nSPS) is 14.3. The summed E-state index contributed by atoms with van der Waals surface area (Å²) in [4.78, 5) is 34.7. The molecule has 1 rings (SSSR count). The van der Waals surface area contributed by atoms with Gasteiger partial charge in [0.2, 0.25) is 5.91 Å². The molecule has 0 aliphatic carbocycles. The van der Waals surface area contributed by atoms with Crippen molar-refractivity contribution in [1.82, 2.24) is 10.2 Å². The Bertz CT molecular complexity index is 587. The number of carbonyl (C=O) groups excluding carboxylic acids is 2. The van der Waals surface area contributed by atoms with Crippen LogP contribution in [0.2, 0.25) is 0 Å². The second-order valence-electron chi connectivity index (χ2n) is 11.0. The number of carboxylic acid groups (broad SMARTS) is 1. The lowest BCUT2D eigenvalue weighted by molar-refractivity contribution is -0.858. The molecule has 0 spiro atoms. The molecule has 10 nitrogen and oxygen atoms in total. The highest BCUT2D eigenvalue weighted by Crippen LogP contribution is 2.19. The van der Waals surface area contributed by atoms with E-state index in [0.717, 1.165) is 78.0 Å². The quantitative estimate of drug-likeness (QED) is 0.120. The molecule has 2 unspecified atom stereocenters. The smallest absolute Gasteiger partial charge is 0.306 e. The third-order valence-corrected chi connectivity index (χ3v) is 5.93. The molecule has 6 N–H and O–H groups in total. The molecule has 1 heterocycles. The van der Waals surface area contributed by atoms with Gasteiger partial charge in [0.1, 0.15) is 6.10 Å². The molecular formula is C31H69N4O6+. The Morgan fingerprint density at radius 3 is 2.12 bits per heavy atom. The van der Waals surface area contributed by atoms with E-state index in [0.29, 0.717) is 19.3 Å². The summed E-state index contributed by atoms with van der Waals surface area (Å²) in [5.74, 6) is -0.773. The van der Waals surface area contributed by atoms with Gasteiger partial charge in [-0.15, -0.1) is 0 Å². The SMILES string of the molecule is C.CC(=O)O.CCCCC(O)CCC(=O)NCCC[NH+](C)C.CCCCCCC1CCC(=O)O1.CN(C)CCCN. The average Bonchev–Trinajstić information content (AvgIpc) is 3.30. The number of nitrogens with zero attached hydrogens (tertiary/aromatic N) is 1. The minimum absolute atomic E-state index is 0. The van der Waals surface area contributed by atoms with Gasteiger partial charge in [-0.1, -0.05) is 53.4 Å².